The third-order valence-electron chi connectivity index (χ3n) is 0. The minimum atomic E-state index is -0.750. The van der Waals surface area contributed by atoms with Crippen LogP contribution in [0.2, 0.25) is 0 Å². The summed E-state index contributed by atoms with van der Waals surface area (Å²) in [6, 6.07) is 0. The summed E-state index contributed by atoms with van der Waals surface area (Å²) < 4.78 is 16.6. The Morgan fingerprint density at radius 2 is 1.20 bits per heavy atom. The molecule has 0 bridgehead atoms. The molecule has 0 saturated carbocycles. The maximum absolute atomic E-state index is 8.29. The number of rotatable bonds is 0. The van der Waals surface area contributed by atoms with Crippen LogP contribution < -0.4 is 18.9 Å². The molecular weight excluding hydrogens is 83.0 g/mol. The Hall–Kier alpha value is 0.417. The van der Waals surface area contributed by atoms with Crippen LogP contribution in [0.15, 0.2) is 0 Å². The van der Waals surface area contributed by atoms with E-state index in [1.165, 1.54) is 0 Å². The van der Waals surface area contributed by atoms with Gasteiger partial charge in [0, 0.05) is 0 Å². The molecule has 0 rings (SSSR count). The van der Waals surface area contributed by atoms with Crippen LogP contribution in [0.4, 0.5) is 0 Å². The standard InChI is InChI=1S/CH3.Li.O2S/c;;1-3-2/h1H3;;/q-1;+1;. The normalized spacial score (nSPS) is 2.40. The third kappa shape index (κ3) is 148. The van der Waals surface area contributed by atoms with Crippen LogP contribution >= 0.6 is 0 Å². The van der Waals surface area contributed by atoms with E-state index in [1.54, 1.807) is 0 Å². The summed E-state index contributed by atoms with van der Waals surface area (Å²) in [4.78, 5) is 0. The van der Waals surface area contributed by atoms with Gasteiger partial charge in [0.25, 0.3) is 0 Å². The van der Waals surface area contributed by atoms with Crippen LogP contribution in [-0.2, 0) is 11.6 Å². The second kappa shape index (κ2) is 25.7. The number of hydrogen-bond donors (Lipinski definition) is 0. The van der Waals surface area contributed by atoms with Gasteiger partial charge in [-0.1, -0.05) is 0 Å². The molecule has 0 unspecified atom stereocenters. The molecule has 0 N–H and O–H groups in total. The second-order valence-electron chi connectivity index (χ2n) is 0.0680. The van der Waals surface area contributed by atoms with Crippen LogP contribution in [0.5, 0.6) is 0 Å². The third-order valence-corrected chi connectivity index (χ3v) is 0. The molecule has 0 spiro atoms. The first-order valence-electron chi connectivity index (χ1n) is 0.333. The van der Waals surface area contributed by atoms with Crippen molar-refractivity contribution in [2.75, 3.05) is 0 Å². The fourth-order valence-electron chi connectivity index (χ4n) is 0. The SMILES string of the molecule is O=S=O.[CH3-].[Li+]. The summed E-state index contributed by atoms with van der Waals surface area (Å²) in [7, 11) is 0. The van der Waals surface area contributed by atoms with E-state index in [0.717, 1.165) is 0 Å². The van der Waals surface area contributed by atoms with Gasteiger partial charge in [0.05, 0.1) is 0 Å². The minimum absolute atomic E-state index is 0. The average molecular weight is 86.0 g/mol. The maximum atomic E-state index is 8.29. The van der Waals surface area contributed by atoms with Crippen molar-refractivity contribution < 1.29 is 27.3 Å². The van der Waals surface area contributed by atoms with E-state index in [9.17, 15) is 0 Å². The topological polar surface area (TPSA) is 34.1 Å². The van der Waals surface area contributed by atoms with Crippen molar-refractivity contribution in [3.63, 3.8) is 0 Å². The van der Waals surface area contributed by atoms with Gasteiger partial charge in [0.15, 0.2) is 0 Å². The second-order valence-corrected chi connectivity index (χ2v) is 0.204. The van der Waals surface area contributed by atoms with Gasteiger partial charge in [-0.2, -0.15) is 8.42 Å². The summed E-state index contributed by atoms with van der Waals surface area (Å²) in [6.07, 6.45) is 0. The monoisotopic (exact) mass is 86.0 g/mol. The van der Waals surface area contributed by atoms with Crippen LogP contribution in [0, 0.1) is 7.43 Å². The fraction of sp³-hybridized carbons (Fsp3) is 0. The molecule has 5 heavy (non-hydrogen) atoms. The first kappa shape index (κ1) is 18.1. The molecule has 0 aliphatic heterocycles. The minimum Gasteiger partial charge on any atom is -0.358 e. The molecule has 0 aliphatic carbocycles. The van der Waals surface area contributed by atoms with Crippen molar-refractivity contribution in [2.24, 2.45) is 0 Å². The molecule has 0 saturated heterocycles. The van der Waals surface area contributed by atoms with Gasteiger partial charge in [-0.3, -0.25) is 0 Å². The van der Waals surface area contributed by atoms with E-state index in [-0.39, 0.29) is 26.3 Å². The van der Waals surface area contributed by atoms with Crippen molar-refractivity contribution in [3.8, 4) is 0 Å². The van der Waals surface area contributed by atoms with Crippen LogP contribution in [-0.4, -0.2) is 8.42 Å². The molecule has 4 heteroatoms. The van der Waals surface area contributed by atoms with Gasteiger partial charge in [-0.15, -0.1) is 0 Å². The summed E-state index contributed by atoms with van der Waals surface area (Å²) >= 11 is -0.750. The first-order chi connectivity index (χ1) is 1.41. The molecule has 0 radical (unpaired) electrons. The predicted octanol–water partition coefficient (Wildman–Crippen LogP) is -3.22. The Morgan fingerprint density at radius 1 is 1.20 bits per heavy atom. The quantitative estimate of drug-likeness (QED) is 0.229. The molecule has 2 nitrogen and oxygen atoms in total. The molecule has 0 amide bonds. The molecule has 0 atom stereocenters. The van der Waals surface area contributed by atoms with Crippen molar-refractivity contribution in [1.82, 2.24) is 0 Å². The Morgan fingerprint density at radius 3 is 1.20 bits per heavy atom. The molecule has 0 aromatic heterocycles. The summed E-state index contributed by atoms with van der Waals surface area (Å²) in [5, 5.41) is 0. The zero-order valence-corrected chi connectivity index (χ0v) is 4.04. The van der Waals surface area contributed by atoms with E-state index in [0.29, 0.717) is 0 Å². The predicted molar refractivity (Wildman–Crippen MR) is 15.3 cm³/mol. The van der Waals surface area contributed by atoms with Gasteiger partial charge in [0.1, 0.15) is 0 Å². The molecular formula is CH3LiO2S. The molecule has 0 aliphatic rings. The van der Waals surface area contributed by atoms with Crippen LogP contribution in [0.3, 0.4) is 0 Å². The molecule has 0 fully saturated rings. The van der Waals surface area contributed by atoms with Gasteiger partial charge < -0.3 is 7.43 Å². The Balaban J connectivity index is -0.0000000200. The van der Waals surface area contributed by atoms with Crippen molar-refractivity contribution in [2.45, 2.75) is 0 Å². The van der Waals surface area contributed by atoms with Crippen LogP contribution in [0.25, 0.3) is 0 Å². The number of hydrogen-bond acceptors (Lipinski definition) is 2. The smallest absolute Gasteiger partial charge is 0.358 e. The van der Waals surface area contributed by atoms with Gasteiger partial charge >= 0.3 is 30.4 Å². The van der Waals surface area contributed by atoms with Crippen molar-refractivity contribution in [1.29, 1.82) is 0 Å². The van der Waals surface area contributed by atoms with E-state index in [1.807, 2.05) is 0 Å². The average Bonchev–Trinajstić information content (AvgIpc) is 0.918. The van der Waals surface area contributed by atoms with E-state index in [4.69, 9.17) is 8.42 Å². The molecule has 0 aromatic rings. The van der Waals surface area contributed by atoms with Gasteiger partial charge in [-0.05, 0) is 0 Å². The van der Waals surface area contributed by atoms with Crippen molar-refractivity contribution in [3.05, 3.63) is 7.43 Å². The van der Waals surface area contributed by atoms with Gasteiger partial charge in [-0.25, -0.2) is 0 Å². The Kier molecular flexibility index (Phi) is 92.9. The summed E-state index contributed by atoms with van der Waals surface area (Å²) in [5.41, 5.74) is 0. The zero-order chi connectivity index (χ0) is 2.71. The Labute approximate surface area is 46.7 Å². The molecule has 26 valence electrons. The molecule has 0 aromatic carbocycles. The largest absolute Gasteiger partial charge is 1.00 e. The Bertz CT molecular complexity index is 30.6. The van der Waals surface area contributed by atoms with E-state index >= 15 is 0 Å². The first-order valence-corrected chi connectivity index (χ1v) is 1.00. The fourth-order valence-corrected chi connectivity index (χ4v) is 0. The molecule has 0 heterocycles. The van der Waals surface area contributed by atoms with E-state index in [2.05, 4.69) is 0 Å². The summed E-state index contributed by atoms with van der Waals surface area (Å²) in [5.74, 6) is 0. The van der Waals surface area contributed by atoms with Crippen LogP contribution in [0.1, 0.15) is 0 Å². The van der Waals surface area contributed by atoms with Gasteiger partial charge in [0.2, 0.25) is 0 Å². The maximum Gasteiger partial charge on any atom is 1.00 e. The van der Waals surface area contributed by atoms with E-state index < -0.39 is 11.6 Å². The summed E-state index contributed by atoms with van der Waals surface area (Å²) in [6.45, 7) is 0. The zero-order valence-electron chi connectivity index (χ0n) is 3.22. The van der Waals surface area contributed by atoms with Crippen molar-refractivity contribution >= 4 is 11.6 Å².